The maximum Gasteiger partial charge on any atom is 0.346 e. The number of carbonyl (C=O) groups is 2. The minimum Gasteiger partial charge on any atom is -0.477 e. The molecule has 0 bridgehead atoms. The van der Waals surface area contributed by atoms with Gasteiger partial charge in [-0.05, 0) is 23.3 Å². The van der Waals surface area contributed by atoms with Crippen LogP contribution in [0.3, 0.4) is 0 Å². The first-order valence-corrected chi connectivity index (χ1v) is 8.71. The van der Waals surface area contributed by atoms with Crippen LogP contribution in [0.4, 0.5) is 0 Å². The normalized spacial score (nSPS) is 11.8. The van der Waals surface area contributed by atoms with E-state index in [0.29, 0.717) is 11.1 Å². The molecule has 2 aromatic carbocycles. The van der Waals surface area contributed by atoms with E-state index in [4.69, 9.17) is 0 Å². The Morgan fingerprint density at radius 1 is 0.708 bits per heavy atom. The van der Waals surface area contributed by atoms with Gasteiger partial charge in [0.25, 0.3) is 0 Å². The second kappa shape index (κ2) is 5.51. The number of thiophene rings is 1. The molecule has 4 rings (SSSR count). The summed E-state index contributed by atoms with van der Waals surface area (Å²) in [4.78, 5) is 25.5. The highest BCUT2D eigenvalue weighted by Crippen LogP contribution is 2.52. The summed E-state index contributed by atoms with van der Waals surface area (Å²) >= 11 is 2.34. The lowest BCUT2D eigenvalue weighted by atomic mass is 9.95. The van der Waals surface area contributed by atoms with Crippen LogP contribution >= 0.6 is 23.1 Å². The molecule has 2 N–H and O–H groups in total. The molecule has 0 aliphatic carbocycles. The van der Waals surface area contributed by atoms with Gasteiger partial charge >= 0.3 is 11.9 Å². The van der Waals surface area contributed by atoms with Crippen LogP contribution in [0.1, 0.15) is 19.3 Å². The molecular weight excluding hydrogens is 344 g/mol. The molecule has 0 radical (unpaired) electrons. The molecule has 6 heteroatoms. The van der Waals surface area contributed by atoms with Gasteiger partial charge in [0.15, 0.2) is 0 Å². The van der Waals surface area contributed by atoms with Gasteiger partial charge in [0, 0.05) is 20.9 Å². The van der Waals surface area contributed by atoms with Gasteiger partial charge in [0.05, 0.1) is 0 Å². The fourth-order valence-corrected chi connectivity index (χ4v) is 4.99. The van der Waals surface area contributed by atoms with Crippen LogP contribution in [0.2, 0.25) is 0 Å². The second-order valence-corrected chi connectivity index (χ2v) is 7.32. The van der Waals surface area contributed by atoms with Crippen molar-refractivity contribution in [1.82, 2.24) is 0 Å². The molecule has 118 valence electrons. The summed E-state index contributed by atoms with van der Waals surface area (Å²) in [7, 11) is 0. The molecular formula is C18H10O4S2. The van der Waals surface area contributed by atoms with Crippen LogP contribution in [0.5, 0.6) is 0 Å². The van der Waals surface area contributed by atoms with Gasteiger partial charge in [-0.25, -0.2) is 9.59 Å². The van der Waals surface area contributed by atoms with E-state index >= 15 is 0 Å². The van der Waals surface area contributed by atoms with Gasteiger partial charge in [0.1, 0.15) is 9.75 Å². The summed E-state index contributed by atoms with van der Waals surface area (Å²) in [5, 5.41) is 19.2. The van der Waals surface area contributed by atoms with Gasteiger partial charge in [0.2, 0.25) is 0 Å². The zero-order valence-corrected chi connectivity index (χ0v) is 13.8. The van der Waals surface area contributed by atoms with E-state index < -0.39 is 11.9 Å². The Morgan fingerprint density at radius 3 is 1.54 bits per heavy atom. The predicted octanol–water partition coefficient (Wildman–Crippen LogP) is 4.94. The second-order valence-electron chi connectivity index (χ2n) is 5.21. The van der Waals surface area contributed by atoms with Crippen LogP contribution in [0, 0.1) is 0 Å². The first-order chi connectivity index (χ1) is 11.6. The standard InChI is InChI=1S/C18H10O4S2/c19-17(20)15-13-9-5-1-3-7-11(9)23-12-8-4-2-6-10(12)14(13)16(24-15)18(21)22/h1-8H,(H,19,20)(H,21,22). The van der Waals surface area contributed by atoms with E-state index in [2.05, 4.69) is 0 Å². The summed E-state index contributed by atoms with van der Waals surface area (Å²) in [6.45, 7) is 0. The molecule has 4 nitrogen and oxygen atoms in total. The molecule has 0 atom stereocenters. The Hall–Kier alpha value is -2.57. The number of aromatic carboxylic acids is 2. The number of benzene rings is 2. The van der Waals surface area contributed by atoms with E-state index in [9.17, 15) is 19.8 Å². The topological polar surface area (TPSA) is 74.6 Å². The van der Waals surface area contributed by atoms with Crippen LogP contribution < -0.4 is 0 Å². The molecule has 0 saturated heterocycles. The van der Waals surface area contributed by atoms with Gasteiger partial charge < -0.3 is 10.2 Å². The first-order valence-electron chi connectivity index (χ1n) is 7.08. The van der Waals surface area contributed by atoms with Crippen LogP contribution in [0.25, 0.3) is 22.3 Å². The molecule has 0 fully saturated rings. The Labute approximate surface area is 145 Å². The highest BCUT2D eigenvalue weighted by Gasteiger charge is 2.32. The van der Waals surface area contributed by atoms with E-state index in [1.807, 2.05) is 48.5 Å². The van der Waals surface area contributed by atoms with Crippen molar-refractivity contribution in [3.8, 4) is 22.3 Å². The molecule has 0 saturated carbocycles. The molecule has 1 aromatic heterocycles. The highest BCUT2D eigenvalue weighted by atomic mass is 32.2. The molecule has 1 aliphatic rings. The predicted molar refractivity (Wildman–Crippen MR) is 93.2 cm³/mol. The van der Waals surface area contributed by atoms with Crippen LogP contribution in [0.15, 0.2) is 58.3 Å². The summed E-state index contributed by atoms with van der Waals surface area (Å²) in [6, 6.07) is 15.0. The van der Waals surface area contributed by atoms with Crippen molar-refractivity contribution in [2.45, 2.75) is 9.79 Å². The van der Waals surface area contributed by atoms with Crippen LogP contribution in [-0.4, -0.2) is 22.2 Å². The Kier molecular flexibility index (Phi) is 3.44. The maximum absolute atomic E-state index is 11.8. The summed E-state index contributed by atoms with van der Waals surface area (Å²) in [5.41, 5.74) is 2.51. The smallest absolute Gasteiger partial charge is 0.346 e. The van der Waals surface area contributed by atoms with E-state index in [-0.39, 0.29) is 9.75 Å². The van der Waals surface area contributed by atoms with Crippen molar-refractivity contribution in [2.75, 3.05) is 0 Å². The zero-order chi connectivity index (χ0) is 16.8. The van der Waals surface area contributed by atoms with E-state index in [1.165, 1.54) is 11.8 Å². The minimum absolute atomic E-state index is 0.0622. The third kappa shape index (κ3) is 2.15. The minimum atomic E-state index is -1.11. The quantitative estimate of drug-likeness (QED) is 0.533. The number of rotatable bonds is 2. The largest absolute Gasteiger partial charge is 0.477 e. The maximum atomic E-state index is 11.8. The Morgan fingerprint density at radius 2 is 1.12 bits per heavy atom. The third-order valence-corrected chi connectivity index (χ3v) is 6.15. The SMILES string of the molecule is O=C(O)c1sc(C(=O)O)c2c1-c1ccccc1Sc1ccccc1-2. The lowest BCUT2D eigenvalue weighted by Gasteiger charge is -2.06. The molecule has 0 unspecified atom stereocenters. The van der Waals surface area contributed by atoms with Crippen molar-refractivity contribution < 1.29 is 19.8 Å². The number of carboxylic acids is 2. The average molecular weight is 354 g/mol. The lowest BCUT2D eigenvalue weighted by Crippen LogP contribution is -1.96. The van der Waals surface area contributed by atoms with Crippen molar-refractivity contribution in [3.05, 3.63) is 58.3 Å². The Bertz CT molecular complexity index is 926. The lowest BCUT2D eigenvalue weighted by molar-refractivity contribution is 0.0694. The van der Waals surface area contributed by atoms with Gasteiger partial charge in [-0.1, -0.05) is 48.2 Å². The molecule has 0 amide bonds. The number of carboxylic acid groups (broad SMARTS) is 2. The zero-order valence-electron chi connectivity index (χ0n) is 12.1. The Balaban J connectivity index is 2.21. The monoisotopic (exact) mass is 354 g/mol. The van der Waals surface area contributed by atoms with Gasteiger partial charge in [-0.15, -0.1) is 11.3 Å². The van der Waals surface area contributed by atoms with Crippen LogP contribution in [-0.2, 0) is 0 Å². The molecule has 1 aliphatic heterocycles. The number of hydrogen-bond donors (Lipinski definition) is 2. The molecule has 24 heavy (non-hydrogen) atoms. The number of hydrogen-bond acceptors (Lipinski definition) is 4. The fraction of sp³-hybridized carbons (Fsp3) is 0. The summed E-state index contributed by atoms with van der Waals surface area (Å²) in [6.07, 6.45) is 0. The summed E-state index contributed by atoms with van der Waals surface area (Å²) in [5.74, 6) is -2.22. The van der Waals surface area contributed by atoms with Gasteiger partial charge in [-0.2, -0.15) is 0 Å². The summed E-state index contributed by atoms with van der Waals surface area (Å²) < 4.78 is 0. The number of fused-ring (bicyclic) bond motifs is 5. The highest BCUT2D eigenvalue weighted by molar-refractivity contribution is 7.99. The fourth-order valence-electron chi connectivity index (χ4n) is 2.89. The van der Waals surface area contributed by atoms with E-state index in [1.54, 1.807) is 0 Å². The van der Waals surface area contributed by atoms with Crippen molar-refractivity contribution in [1.29, 1.82) is 0 Å². The van der Waals surface area contributed by atoms with Gasteiger partial charge in [-0.3, -0.25) is 0 Å². The third-order valence-electron chi connectivity index (χ3n) is 3.83. The van der Waals surface area contributed by atoms with Crippen molar-refractivity contribution >= 4 is 35.0 Å². The molecule has 2 heterocycles. The average Bonchev–Trinajstić information content (AvgIpc) is 2.90. The van der Waals surface area contributed by atoms with Crippen molar-refractivity contribution in [2.24, 2.45) is 0 Å². The molecule has 0 spiro atoms. The first kappa shape index (κ1) is 15.0. The van der Waals surface area contributed by atoms with Crippen molar-refractivity contribution in [3.63, 3.8) is 0 Å². The van der Waals surface area contributed by atoms with E-state index in [0.717, 1.165) is 32.3 Å². The molecule has 3 aromatic rings.